The average molecular weight is 347 g/mol. The standard InChI is InChI=1S/C17H12Cl2N2O2/c1-10-17(15(23-17)14-12(18)8-5-9-13(14)19)16(22)21(20-10)11-6-3-2-4-7-11/h2-9,15H,1H3/t15-,17+/m1/s1. The maximum Gasteiger partial charge on any atom is 0.288 e. The van der Waals surface area contributed by atoms with Gasteiger partial charge in [0.05, 0.1) is 11.4 Å². The minimum Gasteiger partial charge on any atom is -0.344 e. The van der Waals surface area contributed by atoms with Crippen molar-refractivity contribution in [2.75, 3.05) is 5.01 Å². The van der Waals surface area contributed by atoms with E-state index in [0.29, 0.717) is 27.0 Å². The van der Waals surface area contributed by atoms with Crippen molar-refractivity contribution >= 4 is 40.5 Å². The number of epoxide rings is 1. The number of carbonyl (C=O) groups is 1. The zero-order valence-corrected chi connectivity index (χ0v) is 13.7. The summed E-state index contributed by atoms with van der Waals surface area (Å²) in [5.74, 6) is -0.220. The highest BCUT2D eigenvalue weighted by Crippen LogP contribution is 2.57. The lowest BCUT2D eigenvalue weighted by atomic mass is 9.95. The summed E-state index contributed by atoms with van der Waals surface area (Å²) in [6.45, 7) is 1.78. The van der Waals surface area contributed by atoms with Gasteiger partial charge in [-0.1, -0.05) is 47.5 Å². The summed E-state index contributed by atoms with van der Waals surface area (Å²) in [4.78, 5) is 12.9. The van der Waals surface area contributed by atoms with Crippen LogP contribution < -0.4 is 5.01 Å². The summed E-state index contributed by atoms with van der Waals surface area (Å²) in [5.41, 5.74) is 0.846. The zero-order valence-electron chi connectivity index (χ0n) is 12.2. The molecule has 0 bridgehead atoms. The molecule has 0 saturated carbocycles. The molecule has 4 nitrogen and oxygen atoms in total. The molecular formula is C17H12Cl2N2O2. The van der Waals surface area contributed by atoms with Gasteiger partial charge in [-0.3, -0.25) is 4.79 Å². The van der Waals surface area contributed by atoms with Gasteiger partial charge in [-0.2, -0.15) is 10.1 Å². The Kier molecular flexibility index (Phi) is 3.23. The number of hydrogen-bond acceptors (Lipinski definition) is 3. The largest absolute Gasteiger partial charge is 0.344 e. The van der Waals surface area contributed by atoms with Crippen LogP contribution in [-0.2, 0) is 9.53 Å². The number of rotatable bonds is 2. The van der Waals surface area contributed by atoms with Crippen LogP contribution in [0.15, 0.2) is 53.6 Å². The molecule has 6 heteroatoms. The summed E-state index contributed by atoms with van der Waals surface area (Å²) >= 11 is 12.5. The molecule has 1 saturated heterocycles. The van der Waals surface area contributed by atoms with Crippen LogP contribution in [0.4, 0.5) is 5.69 Å². The first-order valence-corrected chi connectivity index (χ1v) is 7.88. The molecule has 0 aromatic heterocycles. The lowest BCUT2D eigenvalue weighted by Crippen LogP contribution is -2.35. The predicted octanol–water partition coefficient (Wildman–Crippen LogP) is 4.23. The van der Waals surface area contributed by atoms with Crippen molar-refractivity contribution in [1.29, 1.82) is 0 Å². The molecule has 0 radical (unpaired) electrons. The first-order valence-electron chi connectivity index (χ1n) is 7.12. The Morgan fingerprint density at radius 3 is 2.39 bits per heavy atom. The molecule has 4 rings (SSSR count). The maximum absolute atomic E-state index is 12.9. The Labute approximate surface area is 143 Å². The lowest BCUT2D eigenvalue weighted by Gasteiger charge is -2.12. The van der Waals surface area contributed by atoms with Gasteiger partial charge in [0.2, 0.25) is 5.60 Å². The van der Waals surface area contributed by atoms with Gasteiger partial charge in [-0.05, 0) is 31.2 Å². The van der Waals surface area contributed by atoms with Crippen LogP contribution in [0.25, 0.3) is 0 Å². The SMILES string of the molecule is CC1=NN(c2ccccc2)C(=O)[C@]12O[C@@H]2c1c(Cl)cccc1Cl. The fraction of sp³-hybridized carbons (Fsp3) is 0.176. The second-order valence-electron chi connectivity index (χ2n) is 5.51. The highest BCUT2D eigenvalue weighted by atomic mass is 35.5. The summed E-state index contributed by atoms with van der Waals surface area (Å²) in [5, 5.41) is 6.72. The molecule has 2 aliphatic heterocycles. The number of hydrogen-bond donors (Lipinski definition) is 0. The topological polar surface area (TPSA) is 45.2 Å². The Morgan fingerprint density at radius 1 is 1.09 bits per heavy atom. The molecule has 2 atom stereocenters. The number of ether oxygens (including phenoxy) is 1. The highest BCUT2D eigenvalue weighted by Gasteiger charge is 2.70. The summed E-state index contributed by atoms with van der Waals surface area (Å²) in [7, 11) is 0. The van der Waals surface area contributed by atoms with Crippen molar-refractivity contribution in [3.63, 3.8) is 0 Å². The fourth-order valence-electron chi connectivity index (χ4n) is 2.94. The summed E-state index contributed by atoms with van der Waals surface area (Å²) < 4.78 is 5.80. The van der Waals surface area contributed by atoms with E-state index in [4.69, 9.17) is 27.9 Å². The Bertz CT molecular complexity index is 817. The van der Waals surface area contributed by atoms with Gasteiger partial charge in [-0.15, -0.1) is 0 Å². The third kappa shape index (κ3) is 2.02. The molecule has 2 heterocycles. The number of benzene rings is 2. The van der Waals surface area contributed by atoms with Crippen LogP contribution in [0.1, 0.15) is 18.6 Å². The number of anilines is 1. The number of halogens is 2. The fourth-order valence-corrected chi connectivity index (χ4v) is 3.53. The smallest absolute Gasteiger partial charge is 0.288 e. The van der Waals surface area contributed by atoms with Crippen LogP contribution in [0.2, 0.25) is 10.0 Å². The van der Waals surface area contributed by atoms with E-state index >= 15 is 0 Å². The van der Waals surface area contributed by atoms with Crippen molar-refractivity contribution in [3.05, 3.63) is 64.1 Å². The molecule has 116 valence electrons. The van der Waals surface area contributed by atoms with Crippen LogP contribution in [0, 0.1) is 0 Å². The second-order valence-corrected chi connectivity index (χ2v) is 6.32. The number of nitrogens with zero attached hydrogens (tertiary/aromatic N) is 2. The van der Waals surface area contributed by atoms with E-state index in [2.05, 4.69) is 5.10 Å². The molecule has 0 unspecified atom stereocenters. The Morgan fingerprint density at radius 2 is 1.74 bits per heavy atom. The Hall–Kier alpha value is -1.88. The van der Waals surface area contributed by atoms with E-state index in [1.165, 1.54) is 5.01 Å². The van der Waals surface area contributed by atoms with Crippen LogP contribution in [-0.4, -0.2) is 17.2 Å². The molecule has 1 fully saturated rings. The van der Waals surface area contributed by atoms with E-state index in [1.807, 2.05) is 30.3 Å². The van der Waals surface area contributed by atoms with Gasteiger partial charge in [0.15, 0.2) is 0 Å². The number of carbonyl (C=O) groups excluding carboxylic acids is 1. The third-order valence-corrected chi connectivity index (χ3v) is 4.84. The van der Waals surface area contributed by atoms with Crippen molar-refractivity contribution in [1.82, 2.24) is 0 Å². The zero-order chi connectivity index (χ0) is 16.2. The minimum atomic E-state index is -1.09. The van der Waals surface area contributed by atoms with Gasteiger partial charge in [0, 0.05) is 15.6 Å². The van der Waals surface area contributed by atoms with E-state index in [1.54, 1.807) is 25.1 Å². The van der Waals surface area contributed by atoms with Gasteiger partial charge in [-0.25, -0.2) is 0 Å². The molecule has 1 spiro atoms. The molecule has 2 aromatic carbocycles. The second kappa shape index (κ2) is 5.06. The Balaban J connectivity index is 1.72. The number of hydrazone groups is 1. The van der Waals surface area contributed by atoms with Crippen molar-refractivity contribution in [2.24, 2.45) is 5.10 Å². The molecule has 23 heavy (non-hydrogen) atoms. The van der Waals surface area contributed by atoms with Gasteiger partial charge < -0.3 is 4.74 Å². The monoisotopic (exact) mass is 346 g/mol. The summed E-state index contributed by atoms with van der Waals surface area (Å²) in [6.07, 6.45) is -0.506. The molecule has 0 N–H and O–H groups in total. The van der Waals surface area contributed by atoms with Gasteiger partial charge >= 0.3 is 0 Å². The van der Waals surface area contributed by atoms with E-state index in [0.717, 1.165) is 0 Å². The van der Waals surface area contributed by atoms with Crippen molar-refractivity contribution in [2.45, 2.75) is 18.6 Å². The normalized spacial score (nSPS) is 25.9. The molecule has 0 aliphatic carbocycles. The van der Waals surface area contributed by atoms with Crippen LogP contribution in [0.5, 0.6) is 0 Å². The predicted molar refractivity (Wildman–Crippen MR) is 90.1 cm³/mol. The van der Waals surface area contributed by atoms with Crippen LogP contribution in [0.3, 0.4) is 0 Å². The number of amides is 1. The van der Waals surface area contributed by atoms with Crippen molar-refractivity contribution in [3.8, 4) is 0 Å². The molecule has 1 amide bonds. The van der Waals surface area contributed by atoms with Gasteiger partial charge in [0.25, 0.3) is 5.91 Å². The highest BCUT2D eigenvalue weighted by molar-refractivity contribution is 6.36. The third-order valence-electron chi connectivity index (χ3n) is 4.18. The molecule has 2 aliphatic rings. The summed E-state index contributed by atoms with van der Waals surface area (Å²) in [6, 6.07) is 14.5. The lowest BCUT2D eigenvalue weighted by molar-refractivity contribution is -0.120. The first-order chi connectivity index (χ1) is 11.1. The van der Waals surface area contributed by atoms with Crippen molar-refractivity contribution < 1.29 is 9.53 Å². The quantitative estimate of drug-likeness (QED) is 0.764. The minimum absolute atomic E-state index is 0.220. The average Bonchev–Trinajstić information content (AvgIpc) is 3.23. The van der Waals surface area contributed by atoms with E-state index in [9.17, 15) is 4.79 Å². The van der Waals surface area contributed by atoms with Gasteiger partial charge in [0.1, 0.15) is 6.10 Å². The van der Waals surface area contributed by atoms with E-state index < -0.39 is 11.7 Å². The van der Waals surface area contributed by atoms with Crippen LogP contribution >= 0.6 is 23.2 Å². The van der Waals surface area contributed by atoms with E-state index in [-0.39, 0.29) is 5.91 Å². The number of para-hydroxylation sites is 1. The molecular weight excluding hydrogens is 335 g/mol. The first kappa shape index (κ1) is 14.7. The molecule has 2 aromatic rings. The maximum atomic E-state index is 12.9.